The third-order valence-electron chi connectivity index (χ3n) is 5.37. The van der Waals surface area contributed by atoms with E-state index in [1.165, 1.54) is 10.5 Å². The quantitative estimate of drug-likeness (QED) is 0.206. The molecule has 0 atom stereocenters. The largest absolute Gasteiger partial charge is 0.497 e. The van der Waals surface area contributed by atoms with Crippen LogP contribution < -0.4 is 9.64 Å². The Labute approximate surface area is 202 Å². The summed E-state index contributed by atoms with van der Waals surface area (Å²) in [6, 6.07) is 18.0. The number of carbonyl (C=O) groups is 1. The second kappa shape index (κ2) is 10.8. The Morgan fingerprint density at radius 2 is 1.85 bits per heavy atom. The zero-order valence-corrected chi connectivity index (χ0v) is 20.7. The lowest BCUT2D eigenvalue weighted by molar-refractivity contribution is -0.118. The average Bonchev–Trinajstić information content (AvgIpc) is 3.30. The van der Waals surface area contributed by atoms with Crippen LogP contribution in [0.4, 0.5) is 5.13 Å². The van der Waals surface area contributed by atoms with E-state index in [-0.39, 0.29) is 5.91 Å². The summed E-state index contributed by atoms with van der Waals surface area (Å²) in [5.41, 5.74) is 4.13. The minimum absolute atomic E-state index is 0.0744. The molecular weight excluding hydrogens is 450 g/mol. The monoisotopic (exact) mass is 477 g/mol. The van der Waals surface area contributed by atoms with Crippen molar-refractivity contribution in [2.45, 2.75) is 38.1 Å². The van der Waals surface area contributed by atoms with Crippen molar-refractivity contribution < 1.29 is 9.53 Å². The molecule has 170 valence electrons. The molecule has 4 aromatic rings. The Balaban J connectivity index is 1.47. The van der Waals surface area contributed by atoms with Gasteiger partial charge in [-0.3, -0.25) is 14.7 Å². The van der Waals surface area contributed by atoms with Gasteiger partial charge in [-0.1, -0.05) is 29.5 Å². The van der Waals surface area contributed by atoms with E-state index in [9.17, 15) is 4.79 Å². The van der Waals surface area contributed by atoms with Gasteiger partial charge < -0.3 is 4.74 Å². The van der Waals surface area contributed by atoms with Gasteiger partial charge in [0.25, 0.3) is 0 Å². The summed E-state index contributed by atoms with van der Waals surface area (Å²) in [6.07, 6.45) is 3.01. The van der Waals surface area contributed by atoms with Gasteiger partial charge in [0.2, 0.25) is 5.91 Å². The molecule has 5 nitrogen and oxygen atoms in total. The topological polar surface area (TPSA) is 55.3 Å². The van der Waals surface area contributed by atoms with Crippen molar-refractivity contribution in [2.24, 2.45) is 0 Å². The van der Waals surface area contributed by atoms with Crippen LogP contribution >= 0.6 is 23.1 Å². The molecule has 0 aliphatic carbocycles. The fraction of sp³-hybridized carbons (Fsp3) is 0.269. The zero-order valence-electron chi connectivity index (χ0n) is 19.1. The highest BCUT2D eigenvalue weighted by Gasteiger charge is 2.21. The molecule has 2 aromatic heterocycles. The Morgan fingerprint density at radius 3 is 2.55 bits per heavy atom. The summed E-state index contributed by atoms with van der Waals surface area (Å²) in [4.78, 5) is 25.6. The number of amides is 1. The van der Waals surface area contributed by atoms with Gasteiger partial charge in [0.1, 0.15) is 5.75 Å². The van der Waals surface area contributed by atoms with Crippen LogP contribution in [0.2, 0.25) is 0 Å². The third kappa shape index (κ3) is 5.72. The molecular formula is C26H27N3O2S2. The molecule has 1 amide bonds. The van der Waals surface area contributed by atoms with Gasteiger partial charge in [0.15, 0.2) is 5.13 Å². The second-order valence-electron chi connectivity index (χ2n) is 7.80. The van der Waals surface area contributed by atoms with E-state index in [1.54, 1.807) is 41.3 Å². The average molecular weight is 478 g/mol. The molecule has 0 radical (unpaired) electrons. The van der Waals surface area contributed by atoms with Crippen LogP contribution in [0, 0.1) is 13.8 Å². The number of hydrogen-bond acceptors (Lipinski definition) is 6. The summed E-state index contributed by atoms with van der Waals surface area (Å²) in [5, 5.41) is 0.737. The highest BCUT2D eigenvalue weighted by molar-refractivity contribution is 7.99. The van der Waals surface area contributed by atoms with E-state index in [1.807, 2.05) is 42.5 Å². The molecule has 0 unspecified atom stereocenters. The lowest BCUT2D eigenvalue weighted by Gasteiger charge is -2.19. The number of thioether (sulfide) groups is 1. The second-order valence-corrected chi connectivity index (χ2v) is 9.95. The molecule has 2 heterocycles. The van der Waals surface area contributed by atoms with Crippen LogP contribution in [0.3, 0.4) is 0 Å². The minimum Gasteiger partial charge on any atom is -0.497 e. The maximum Gasteiger partial charge on any atom is 0.229 e. The van der Waals surface area contributed by atoms with E-state index in [0.29, 0.717) is 13.0 Å². The summed E-state index contributed by atoms with van der Waals surface area (Å²) >= 11 is 3.33. The van der Waals surface area contributed by atoms with Crippen LogP contribution in [0.1, 0.15) is 29.7 Å². The Kier molecular flexibility index (Phi) is 7.62. The number of ether oxygens (including phenoxy) is 1. The predicted octanol–water partition coefficient (Wildman–Crippen LogP) is 6.42. The molecule has 0 bridgehead atoms. The molecule has 0 saturated heterocycles. The number of fused-ring (bicyclic) bond motifs is 1. The third-order valence-corrected chi connectivity index (χ3v) is 7.68. The Morgan fingerprint density at radius 1 is 1.06 bits per heavy atom. The molecule has 0 N–H and O–H groups in total. The molecule has 0 fully saturated rings. The van der Waals surface area contributed by atoms with E-state index >= 15 is 0 Å². The first-order valence-corrected chi connectivity index (χ1v) is 12.7. The number of carbonyl (C=O) groups excluding carboxylic acids is 1. The number of hydrogen-bond donors (Lipinski definition) is 0. The molecule has 0 aliphatic rings. The first-order chi connectivity index (χ1) is 16.0. The highest BCUT2D eigenvalue weighted by atomic mass is 32.2. The number of methoxy groups -OCH3 is 1. The highest BCUT2D eigenvalue weighted by Crippen LogP contribution is 2.34. The van der Waals surface area contributed by atoms with Crippen LogP contribution in [-0.4, -0.2) is 28.7 Å². The number of benzene rings is 2. The van der Waals surface area contributed by atoms with Crippen molar-refractivity contribution in [3.8, 4) is 5.75 Å². The van der Waals surface area contributed by atoms with Crippen LogP contribution in [-0.2, 0) is 11.3 Å². The van der Waals surface area contributed by atoms with E-state index in [0.717, 1.165) is 44.5 Å². The molecule has 0 saturated carbocycles. The number of aromatic nitrogens is 2. The van der Waals surface area contributed by atoms with Gasteiger partial charge in [-0.05, 0) is 73.5 Å². The summed E-state index contributed by atoms with van der Waals surface area (Å²) in [7, 11) is 1.67. The molecule has 0 aliphatic heterocycles. The van der Waals surface area contributed by atoms with E-state index in [2.05, 4.69) is 31.0 Å². The number of thiazole rings is 1. The lowest BCUT2D eigenvalue weighted by Crippen LogP contribution is -2.30. The molecule has 4 rings (SSSR count). The van der Waals surface area contributed by atoms with Crippen LogP contribution in [0.25, 0.3) is 10.2 Å². The fourth-order valence-electron chi connectivity index (χ4n) is 3.50. The first-order valence-electron chi connectivity index (χ1n) is 10.9. The van der Waals surface area contributed by atoms with Crippen molar-refractivity contribution >= 4 is 44.4 Å². The van der Waals surface area contributed by atoms with Crippen LogP contribution in [0.5, 0.6) is 5.75 Å². The van der Waals surface area contributed by atoms with Crippen molar-refractivity contribution in [3.63, 3.8) is 0 Å². The van der Waals surface area contributed by atoms with Gasteiger partial charge in [-0.15, -0.1) is 11.8 Å². The van der Waals surface area contributed by atoms with Crippen molar-refractivity contribution in [1.29, 1.82) is 0 Å². The van der Waals surface area contributed by atoms with Crippen molar-refractivity contribution in [3.05, 3.63) is 77.6 Å². The maximum atomic E-state index is 13.3. The number of anilines is 1. The first kappa shape index (κ1) is 23.3. The van der Waals surface area contributed by atoms with E-state index < -0.39 is 0 Å². The minimum atomic E-state index is 0.0744. The molecule has 0 spiro atoms. The van der Waals surface area contributed by atoms with Crippen molar-refractivity contribution in [2.75, 3.05) is 17.8 Å². The Hall–Kier alpha value is -2.90. The molecule has 7 heteroatoms. The molecule has 33 heavy (non-hydrogen) atoms. The normalized spacial score (nSPS) is 11.0. The van der Waals surface area contributed by atoms with E-state index in [4.69, 9.17) is 9.72 Å². The Bertz CT molecular complexity index is 1180. The van der Waals surface area contributed by atoms with Gasteiger partial charge in [0.05, 0.1) is 29.6 Å². The summed E-state index contributed by atoms with van der Waals surface area (Å²) in [6.45, 7) is 4.57. The van der Waals surface area contributed by atoms with Gasteiger partial charge in [-0.2, -0.15) is 0 Å². The maximum absolute atomic E-state index is 13.3. The summed E-state index contributed by atoms with van der Waals surface area (Å²) in [5.74, 6) is 1.79. The van der Waals surface area contributed by atoms with Crippen LogP contribution in [0.15, 0.2) is 65.7 Å². The SMILES string of the molecule is COc1ccc(SCCCC(=O)N(Cc2ccccn2)c2nc3c(C)ccc(C)c3s2)cc1. The van der Waals surface area contributed by atoms with Gasteiger partial charge in [-0.25, -0.2) is 4.98 Å². The number of pyridine rings is 1. The van der Waals surface area contributed by atoms with Crippen molar-refractivity contribution in [1.82, 2.24) is 9.97 Å². The smallest absolute Gasteiger partial charge is 0.229 e. The zero-order chi connectivity index (χ0) is 23.2. The lowest BCUT2D eigenvalue weighted by atomic mass is 10.1. The standard InChI is InChI=1S/C26H27N3O2S2/c1-18-9-10-19(2)25-24(18)28-26(33-25)29(17-20-7-4-5-15-27-20)23(30)8-6-16-32-22-13-11-21(31-3)12-14-22/h4-5,7,9-15H,6,8,16-17H2,1-3H3. The number of nitrogens with zero attached hydrogens (tertiary/aromatic N) is 3. The predicted molar refractivity (Wildman–Crippen MR) is 137 cm³/mol. The fourth-order valence-corrected chi connectivity index (χ4v) is 5.48. The number of rotatable bonds is 9. The summed E-state index contributed by atoms with van der Waals surface area (Å²) < 4.78 is 6.35. The van der Waals surface area contributed by atoms with Gasteiger partial charge in [0, 0.05) is 17.5 Å². The van der Waals surface area contributed by atoms with Gasteiger partial charge >= 0.3 is 0 Å². The number of aryl methyl sites for hydroxylation is 2. The molecule has 2 aromatic carbocycles.